The summed E-state index contributed by atoms with van der Waals surface area (Å²) in [4.78, 5) is 7.06. The summed E-state index contributed by atoms with van der Waals surface area (Å²) in [5.74, 6) is 0. The number of hydrogen-bond donors (Lipinski definition) is 1. The normalized spacial score (nSPS) is 11.4. The van der Waals surface area contributed by atoms with Crippen molar-refractivity contribution in [1.29, 1.82) is 0 Å². The van der Waals surface area contributed by atoms with Crippen molar-refractivity contribution in [3.05, 3.63) is 23.3 Å². The molecule has 1 N–H and O–H groups in total. The van der Waals surface area contributed by atoms with Crippen molar-refractivity contribution in [2.45, 2.75) is 27.7 Å². The van der Waals surface area contributed by atoms with Gasteiger partial charge in [0.25, 0.3) is 0 Å². The highest BCUT2D eigenvalue weighted by molar-refractivity contribution is 7.22. The molecule has 0 saturated carbocycles. The van der Waals surface area contributed by atoms with Crippen LogP contribution in [0.4, 0.5) is 5.13 Å². The molecule has 104 valence electrons. The van der Waals surface area contributed by atoms with Gasteiger partial charge in [-0.1, -0.05) is 25.2 Å². The van der Waals surface area contributed by atoms with Crippen LogP contribution in [0.5, 0.6) is 0 Å². The number of rotatable bonds is 6. The highest BCUT2D eigenvalue weighted by Crippen LogP contribution is 2.28. The molecule has 1 aromatic carbocycles. The topological polar surface area (TPSA) is 28.2 Å². The summed E-state index contributed by atoms with van der Waals surface area (Å²) in [6.45, 7) is 12.9. The summed E-state index contributed by atoms with van der Waals surface area (Å²) in [6.07, 6.45) is 0. The van der Waals surface area contributed by atoms with Gasteiger partial charge in [-0.05, 0) is 50.2 Å². The van der Waals surface area contributed by atoms with E-state index in [1.807, 2.05) is 0 Å². The lowest BCUT2D eigenvalue weighted by molar-refractivity contribution is 0.316. The number of aryl methyl sites for hydroxylation is 2. The molecule has 0 saturated heterocycles. The molecule has 0 unspecified atom stereocenters. The van der Waals surface area contributed by atoms with Gasteiger partial charge in [-0.15, -0.1) is 0 Å². The molecule has 1 aromatic heterocycles. The Morgan fingerprint density at radius 2 is 1.84 bits per heavy atom. The lowest BCUT2D eigenvalue weighted by Crippen LogP contribution is -2.28. The Morgan fingerprint density at radius 1 is 1.16 bits per heavy atom. The summed E-state index contributed by atoms with van der Waals surface area (Å²) in [5.41, 5.74) is 3.76. The van der Waals surface area contributed by atoms with Crippen molar-refractivity contribution in [2.24, 2.45) is 0 Å². The van der Waals surface area contributed by atoms with Gasteiger partial charge in [0.2, 0.25) is 0 Å². The quantitative estimate of drug-likeness (QED) is 0.873. The maximum absolute atomic E-state index is 4.65. The second kappa shape index (κ2) is 6.35. The first kappa shape index (κ1) is 14.3. The summed E-state index contributed by atoms with van der Waals surface area (Å²) in [6, 6.07) is 4.41. The number of likely N-dealkylation sites (N-methyl/N-ethyl adjacent to an activating group) is 1. The second-order valence-corrected chi connectivity index (χ2v) is 5.91. The molecule has 4 heteroatoms. The van der Waals surface area contributed by atoms with Crippen LogP contribution in [-0.2, 0) is 0 Å². The van der Waals surface area contributed by atoms with E-state index in [0.717, 1.165) is 36.8 Å². The maximum atomic E-state index is 4.65. The molecule has 2 aromatic rings. The Morgan fingerprint density at radius 3 is 2.53 bits per heavy atom. The zero-order chi connectivity index (χ0) is 13.8. The summed E-state index contributed by atoms with van der Waals surface area (Å²) in [7, 11) is 0. The standard InChI is InChI=1S/C15H23N3S/c1-5-18(6-2)8-7-16-15-17-13-9-11(3)12(4)10-14(13)19-15/h9-10H,5-8H2,1-4H3,(H,16,17). The molecule has 0 atom stereocenters. The molecule has 0 bridgehead atoms. The molecule has 1 heterocycles. The molecule has 0 amide bonds. The number of fused-ring (bicyclic) bond motifs is 1. The van der Waals surface area contributed by atoms with E-state index in [-0.39, 0.29) is 0 Å². The molecule has 0 aliphatic rings. The first-order valence-electron chi connectivity index (χ1n) is 6.98. The van der Waals surface area contributed by atoms with Gasteiger partial charge in [0.15, 0.2) is 5.13 Å². The van der Waals surface area contributed by atoms with Crippen LogP contribution in [0.15, 0.2) is 12.1 Å². The first-order chi connectivity index (χ1) is 9.13. The molecule has 0 fully saturated rings. The molecule has 0 spiro atoms. The van der Waals surface area contributed by atoms with Crippen LogP contribution in [0.25, 0.3) is 10.2 Å². The van der Waals surface area contributed by atoms with E-state index in [4.69, 9.17) is 0 Å². The minimum atomic E-state index is 0.958. The smallest absolute Gasteiger partial charge is 0.183 e. The van der Waals surface area contributed by atoms with Crippen LogP contribution in [0.3, 0.4) is 0 Å². The van der Waals surface area contributed by atoms with E-state index in [2.05, 4.69) is 55.0 Å². The number of benzene rings is 1. The Bertz CT molecular complexity index is 505. The summed E-state index contributed by atoms with van der Waals surface area (Å²) < 4.78 is 1.27. The minimum Gasteiger partial charge on any atom is -0.360 e. The predicted octanol–water partition coefficient (Wildman–Crippen LogP) is 3.67. The van der Waals surface area contributed by atoms with Crippen molar-refractivity contribution in [3.8, 4) is 0 Å². The third-order valence-electron chi connectivity index (χ3n) is 3.60. The molecule has 3 nitrogen and oxygen atoms in total. The third kappa shape index (κ3) is 3.45. The zero-order valence-electron chi connectivity index (χ0n) is 12.3. The van der Waals surface area contributed by atoms with Gasteiger partial charge in [-0.2, -0.15) is 0 Å². The van der Waals surface area contributed by atoms with Crippen LogP contribution in [0.1, 0.15) is 25.0 Å². The van der Waals surface area contributed by atoms with E-state index < -0.39 is 0 Å². The van der Waals surface area contributed by atoms with Gasteiger partial charge < -0.3 is 10.2 Å². The average Bonchev–Trinajstić information content (AvgIpc) is 2.77. The predicted molar refractivity (Wildman–Crippen MR) is 85.4 cm³/mol. The molecule has 0 aliphatic heterocycles. The second-order valence-electron chi connectivity index (χ2n) is 4.88. The summed E-state index contributed by atoms with van der Waals surface area (Å²) >= 11 is 1.75. The van der Waals surface area contributed by atoms with Crippen molar-refractivity contribution >= 4 is 26.7 Å². The molecule has 0 radical (unpaired) electrons. The average molecular weight is 277 g/mol. The minimum absolute atomic E-state index is 0.958. The number of nitrogens with one attached hydrogen (secondary N) is 1. The van der Waals surface area contributed by atoms with Gasteiger partial charge in [0.05, 0.1) is 10.2 Å². The number of aromatic nitrogens is 1. The molecule has 2 rings (SSSR count). The monoisotopic (exact) mass is 277 g/mol. The van der Waals surface area contributed by atoms with Gasteiger partial charge in [0, 0.05) is 13.1 Å². The SMILES string of the molecule is CCN(CC)CCNc1nc2cc(C)c(C)cc2s1. The number of nitrogens with zero attached hydrogens (tertiary/aromatic N) is 2. The Kier molecular flexibility index (Phi) is 4.77. The van der Waals surface area contributed by atoms with Gasteiger partial charge in [-0.3, -0.25) is 0 Å². The highest BCUT2D eigenvalue weighted by atomic mass is 32.1. The van der Waals surface area contributed by atoms with E-state index in [1.165, 1.54) is 15.8 Å². The van der Waals surface area contributed by atoms with Gasteiger partial charge in [-0.25, -0.2) is 4.98 Å². The van der Waals surface area contributed by atoms with Crippen molar-refractivity contribution in [2.75, 3.05) is 31.5 Å². The van der Waals surface area contributed by atoms with Crippen LogP contribution in [0, 0.1) is 13.8 Å². The van der Waals surface area contributed by atoms with E-state index >= 15 is 0 Å². The van der Waals surface area contributed by atoms with Crippen LogP contribution in [0.2, 0.25) is 0 Å². The Hall–Kier alpha value is -1.13. The van der Waals surface area contributed by atoms with Gasteiger partial charge in [0.1, 0.15) is 0 Å². The lowest BCUT2D eigenvalue weighted by atomic mass is 10.1. The van der Waals surface area contributed by atoms with Crippen LogP contribution in [-0.4, -0.2) is 36.1 Å². The molecular formula is C15H23N3S. The maximum Gasteiger partial charge on any atom is 0.183 e. The number of hydrogen-bond acceptors (Lipinski definition) is 4. The fourth-order valence-electron chi connectivity index (χ4n) is 2.12. The van der Waals surface area contributed by atoms with Crippen molar-refractivity contribution < 1.29 is 0 Å². The summed E-state index contributed by atoms with van der Waals surface area (Å²) in [5, 5.41) is 4.47. The lowest BCUT2D eigenvalue weighted by Gasteiger charge is -2.17. The third-order valence-corrected chi connectivity index (χ3v) is 4.58. The van der Waals surface area contributed by atoms with Crippen molar-refractivity contribution in [3.63, 3.8) is 0 Å². The van der Waals surface area contributed by atoms with Crippen molar-refractivity contribution in [1.82, 2.24) is 9.88 Å². The Balaban J connectivity index is 2.02. The fraction of sp³-hybridized carbons (Fsp3) is 0.533. The fourth-order valence-corrected chi connectivity index (χ4v) is 3.09. The van der Waals surface area contributed by atoms with E-state index in [1.54, 1.807) is 11.3 Å². The molecule has 19 heavy (non-hydrogen) atoms. The van der Waals surface area contributed by atoms with Crippen LogP contribution >= 0.6 is 11.3 Å². The van der Waals surface area contributed by atoms with E-state index in [9.17, 15) is 0 Å². The molecular weight excluding hydrogens is 254 g/mol. The van der Waals surface area contributed by atoms with E-state index in [0.29, 0.717) is 0 Å². The molecule has 0 aliphatic carbocycles. The zero-order valence-corrected chi connectivity index (χ0v) is 13.1. The van der Waals surface area contributed by atoms with Gasteiger partial charge >= 0.3 is 0 Å². The largest absolute Gasteiger partial charge is 0.360 e. The highest BCUT2D eigenvalue weighted by Gasteiger charge is 2.06. The Labute approximate surface area is 119 Å². The number of anilines is 1. The van der Waals surface area contributed by atoms with Crippen LogP contribution < -0.4 is 5.32 Å². The number of thiazole rings is 1. The first-order valence-corrected chi connectivity index (χ1v) is 7.79.